The molecule has 2 aromatic rings. The molecule has 1 aliphatic heterocycles. The number of aliphatic hydroxyl groups excluding tert-OH is 1. The van der Waals surface area contributed by atoms with Gasteiger partial charge < -0.3 is 45.7 Å². The highest BCUT2D eigenvalue weighted by molar-refractivity contribution is 6.31. The summed E-state index contributed by atoms with van der Waals surface area (Å²) in [5.41, 5.74) is 2.75. The van der Waals surface area contributed by atoms with E-state index in [9.17, 15) is 39.6 Å². The lowest BCUT2D eigenvalue weighted by molar-refractivity contribution is -0.249. The van der Waals surface area contributed by atoms with Gasteiger partial charge in [-0.05, 0) is 25.8 Å². The first kappa shape index (κ1) is 36.2. The zero-order valence-electron chi connectivity index (χ0n) is 26.7. The summed E-state index contributed by atoms with van der Waals surface area (Å²) >= 11 is 0. The molecule has 13 nitrogen and oxygen atoms in total. The van der Waals surface area contributed by atoms with Crippen molar-refractivity contribution in [1.82, 2.24) is 5.32 Å². The van der Waals surface area contributed by atoms with E-state index in [-0.39, 0.29) is 52.7 Å². The van der Waals surface area contributed by atoms with Crippen LogP contribution < -0.4 is 15.8 Å². The Morgan fingerprint density at radius 2 is 1.81 bits per heavy atom. The third kappa shape index (κ3) is 6.12. The predicted molar refractivity (Wildman–Crippen MR) is 169 cm³/mol. The standard InChI is InChI=1S/C33H40N2O11.ClH/c1-6-13(2)26(34)32(42)35-18-10-21(45-14(3)27(18)37)46-20-12-33(43,15(4)36)11-17-23(20)31(41)25-24(29(17)39)28(38)16-8-7-9-19(44-5)22(16)30(25)40;/h7-9,13-14,18,20-21,26-27,37,39,41,43H,6,10-12,34H2,1-5H3,(H,35,42);1H. The van der Waals surface area contributed by atoms with Crippen molar-refractivity contribution < 1.29 is 53.8 Å². The third-order valence-electron chi connectivity index (χ3n) is 9.64. The van der Waals surface area contributed by atoms with Crippen molar-refractivity contribution >= 4 is 35.7 Å². The van der Waals surface area contributed by atoms with Crippen molar-refractivity contribution in [3.8, 4) is 17.2 Å². The lowest BCUT2D eigenvalue weighted by Crippen LogP contribution is -2.58. The summed E-state index contributed by atoms with van der Waals surface area (Å²) < 4.78 is 17.4. The van der Waals surface area contributed by atoms with Crippen LogP contribution in [0, 0.1) is 5.92 Å². The molecule has 0 aromatic heterocycles. The molecular formula is C33H41ClN2O11. The second kappa shape index (κ2) is 13.5. The number of phenolic OH excluding ortho intramolecular Hbond substituents is 2. The van der Waals surface area contributed by atoms with Gasteiger partial charge >= 0.3 is 0 Å². The van der Waals surface area contributed by atoms with Gasteiger partial charge in [-0.1, -0.05) is 32.4 Å². The number of ketones is 3. The number of ether oxygens (including phenoxy) is 3. The molecular weight excluding hydrogens is 636 g/mol. The van der Waals surface area contributed by atoms with E-state index in [0.29, 0.717) is 6.42 Å². The molecule has 5 rings (SSSR count). The minimum absolute atomic E-state index is 0. The van der Waals surface area contributed by atoms with E-state index < -0.39 is 101 Å². The summed E-state index contributed by atoms with van der Waals surface area (Å²) in [5.74, 6) is -3.97. The van der Waals surface area contributed by atoms with Gasteiger partial charge in [0.05, 0.1) is 48.1 Å². The van der Waals surface area contributed by atoms with E-state index in [0.717, 1.165) is 6.92 Å². The number of Topliss-reactive ketones (excluding diaryl/α,β-unsaturated/α-hetero) is 1. The Hall–Kier alpha value is -3.59. The molecule has 47 heavy (non-hydrogen) atoms. The molecule has 8 atom stereocenters. The molecule has 1 fully saturated rings. The zero-order valence-corrected chi connectivity index (χ0v) is 27.6. The average molecular weight is 677 g/mol. The fourth-order valence-electron chi connectivity index (χ4n) is 6.56. The topological polar surface area (TPSA) is 215 Å². The number of carbonyl (C=O) groups is 4. The summed E-state index contributed by atoms with van der Waals surface area (Å²) in [5, 5.41) is 48.2. The van der Waals surface area contributed by atoms with Gasteiger partial charge in [-0.3, -0.25) is 19.2 Å². The van der Waals surface area contributed by atoms with E-state index in [4.69, 9.17) is 19.9 Å². The van der Waals surface area contributed by atoms with Crippen LogP contribution in [0.4, 0.5) is 0 Å². The number of benzene rings is 2. The predicted octanol–water partition coefficient (Wildman–Crippen LogP) is 1.98. The highest BCUT2D eigenvalue weighted by Gasteiger charge is 2.49. The first-order chi connectivity index (χ1) is 21.6. The Balaban J connectivity index is 0.00000500. The zero-order chi connectivity index (χ0) is 33.8. The fourth-order valence-corrected chi connectivity index (χ4v) is 6.56. The fraction of sp³-hybridized carbons (Fsp3) is 0.515. The molecule has 0 bridgehead atoms. The first-order valence-corrected chi connectivity index (χ1v) is 15.3. The van der Waals surface area contributed by atoms with Crippen LogP contribution in [0.5, 0.6) is 17.2 Å². The number of phenols is 2. The Morgan fingerprint density at radius 1 is 1.15 bits per heavy atom. The number of amides is 1. The van der Waals surface area contributed by atoms with Crippen molar-refractivity contribution in [2.75, 3.05) is 7.11 Å². The van der Waals surface area contributed by atoms with Gasteiger partial charge in [-0.25, -0.2) is 0 Å². The number of nitrogens with one attached hydrogen (secondary N) is 1. The Bertz CT molecular complexity index is 1610. The van der Waals surface area contributed by atoms with Crippen LogP contribution in [-0.2, 0) is 25.5 Å². The van der Waals surface area contributed by atoms with Crippen LogP contribution in [0.1, 0.15) is 96.0 Å². The molecule has 0 saturated carbocycles. The van der Waals surface area contributed by atoms with Crippen molar-refractivity contribution in [3.05, 3.63) is 51.6 Å². The van der Waals surface area contributed by atoms with Gasteiger partial charge in [0, 0.05) is 36.0 Å². The number of halogens is 1. The van der Waals surface area contributed by atoms with Crippen molar-refractivity contribution in [3.63, 3.8) is 0 Å². The van der Waals surface area contributed by atoms with Crippen LogP contribution in [0.15, 0.2) is 18.2 Å². The molecule has 14 heteroatoms. The van der Waals surface area contributed by atoms with Gasteiger partial charge in [0.25, 0.3) is 0 Å². The molecule has 2 aliphatic carbocycles. The van der Waals surface area contributed by atoms with Gasteiger partial charge in [-0.15, -0.1) is 12.4 Å². The van der Waals surface area contributed by atoms with Gasteiger partial charge in [0.15, 0.2) is 17.9 Å². The number of carbonyl (C=O) groups excluding carboxylic acids is 4. The molecule has 7 N–H and O–H groups in total. The van der Waals surface area contributed by atoms with Gasteiger partial charge in [-0.2, -0.15) is 0 Å². The lowest BCUT2D eigenvalue weighted by Gasteiger charge is -2.43. The quantitative estimate of drug-likeness (QED) is 0.189. The summed E-state index contributed by atoms with van der Waals surface area (Å²) in [4.78, 5) is 53.0. The summed E-state index contributed by atoms with van der Waals surface area (Å²) in [6.07, 6.45) is -4.71. The van der Waals surface area contributed by atoms with E-state index in [1.165, 1.54) is 25.3 Å². The SMILES string of the molecule is CCC(C)C(N)C(=O)NC1CC(OC2CC(O)(C(C)=O)Cc3c(O)c4c(c(O)c32)C(=O)c2c(OC)cccc2C4=O)OC(C)C1O.Cl. The number of nitrogens with two attached hydrogens (primary N) is 1. The maximum absolute atomic E-state index is 13.8. The van der Waals surface area contributed by atoms with Crippen LogP contribution in [0.2, 0.25) is 0 Å². The number of hydrogen-bond donors (Lipinski definition) is 6. The normalized spacial score (nSPS) is 27.8. The number of aliphatic hydroxyl groups is 2. The molecule has 2 aromatic carbocycles. The second-order valence-electron chi connectivity index (χ2n) is 12.5. The molecule has 1 saturated heterocycles. The molecule has 8 unspecified atom stereocenters. The monoisotopic (exact) mass is 676 g/mol. The largest absolute Gasteiger partial charge is 0.507 e. The Kier molecular flexibility index (Phi) is 10.4. The number of hydrogen-bond acceptors (Lipinski definition) is 12. The maximum atomic E-state index is 13.8. The summed E-state index contributed by atoms with van der Waals surface area (Å²) in [7, 11) is 1.33. The average Bonchev–Trinajstić information content (AvgIpc) is 3.02. The van der Waals surface area contributed by atoms with Crippen LogP contribution in [-0.4, -0.2) is 87.0 Å². The second-order valence-corrected chi connectivity index (χ2v) is 12.5. The van der Waals surface area contributed by atoms with E-state index in [1.54, 1.807) is 6.92 Å². The highest BCUT2D eigenvalue weighted by Crippen LogP contribution is 2.52. The molecule has 1 amide bonds. The van der Waals surface area contributed by atoms with Crippen molar-refractivity contribution in [1.29, 1.82) is 0 Å². The number of rotatable bonds is 8. The summed E-state index contributed by atoms with van der Waals surface area (Å²) in [6, 6.07) is 2.73. The minimum Gasteiger partial charge on any atom is -0.507 e. The van der Waals surface area contributed by atoms with E-state index in [1.807, 2.05) is 13.8 Å². The minimum atomic E-state index is -2.07. The molecule has 256 valence electrons. The van der Waals surface area contributed by atoms with Crippen LogP contribution in [0.25, 0.3) is 0 Å². The molecule has 3 aliphatic rings. The lowest BCUT2D eigenvalue weighted by atomic mass is 9.72. The Labute approximate surface area is 277 Å². The van der Waals surface area contributed by atoms with Crippen LogP contribution >= 0.6 is 12.4 Å². The van der Waals surface area contributed by atoms with E-state index in [2.05, 4.69) is 5.32 Å². The van der Waals surface area contributed by atoms with E-state index >= 15 is 0 Å². The maximum Gasteiger partial charge on any atom is 0.237 e. The smallest absolute Gasteiger partial charge is 0.237 e. The summed E-state index contributed by atoms with van der Waals surface area (Å²) in [6.45, 7) is 6.48. The number of aromatic hydroxyl groups is 2. The molecule has 0 spiro atoms. The Morgan fingerprint density at radius 3 is 2.43 bits per heavy atom. The van der Waals surface area contributed by atoms with Crippen molar-refractivity contribution in [2.24, 2.45) is 11.7 Å². The third-order valence-corrected chi connectivity index (χ3v) is 9.64. The molecule has 1 heterocycles. The van der Waals surface area contributed by atoms with Gasteiger partial charge in [0.2, 0.25) is 11.7 Å². The first-order valence-electron chi connectivity index (χ1n) is 15.3. The van der Waals surface area contributed by atoms with Crippen molar-refractivity contribution in [2.45, 2.75) is 95.7 Å². The number of fused-ring (bicyclic) bond motifs is 3. The van der Waals surface area contributed by atoms with Crippen LogP contribution in [0.3, 0.4) is 0 Å². The number of methoxy groups -OCH3 is 1. The van der Waals surface area contributed by atoms with Gasteiger partial charge in [0.1, 0.15) is 29.0 Å². The molecule has 0 radical (unpaired) electrons. The highest BCUT2D eigenvalue weighted by atomic mass is 35.5.